The Morgan fingerprint density at radius 3 is 2.82 bits per heavy atom. The fourth-order valence-electron chi connectivity index (χ4n) is 3.57. The van der Waals surface area contributed by atoms with Crippen LogP contribution in [0.25, 0.3) is 0 Å². The first-order valence-electron chi connectivity index (χ1n) is 8.18. The Hall–Kier alpha value is -0.980. The largest absolute Gasteiger partial charge is 0.387 e. The Bertz CT molecular complexity index is 527. The van der Waals surface area contributed by atoms with Crippen LogP contribution in [-0.4, -0.2) is 64.1 Å². The van der Waals surface area contributed by atoms with E-state index in [1.807, 2.05) is 17.2 Å². The summed E-state index contributed by atoms with van der Waals surface area (Å²) < 4.78 is 0. The van der Waals surface area contributed by atoms with Gasteiger partial charge in [0.15, 0.2) is 0 Å². The summed E-state index contributed by atoms with van der Waals surface area (Å²) in [5.74, 6) is 0.0878. The molecule has 3 heterocycles. The third-order valence-electron chi connectivity index (χ3n) is 4.62. The summed E-state index contributed by atoms with van der Waals surface area (Å²) in [6.45, 7) is 6.03. The molecule has 3 rings (SSSR count). The van der Waals surface area contributed by atoms with Crippen LogP contribution >= 0.6 is 11.3 Å². The van der Waals surface area contributed by atoms with Gasteiger partial charge in [0, 0.05) is 18.5 Å². The van der Waals surface area contributed by atoms with E-state index in [0.29, 0.717) is 19.5 Å². The van der Waals surface area contributed by atoms with Crippen LogP contribution in [0.4, 0.5) is 0 Å². The van der Waals surface area contributed by atoms with Gasteiger partial charge in [-0.2, -0.15) is 0 Å². The number of aliphatic hydroxyl groups is 1. The zero-order valence-corrected chi connectivity index (χ0v) is 14.1. The van der Waals surface area contributed by atoms with Crippen molar-refractivity contribution < 1.29 is 9.90 Å². The van der Waals surface area contributed by atoms with Crippen molar-refractivity contribution in [1.29, 1.82) is 0 Å². The third-order valence-corrected chi connectivity index (χ3v) is 5.45. The fraction of sp³-hybridized carbons (Fsp3) is 0.750. The number of hydrogen-bond acceptors (Lipinski definition) is 5. The number of thiazole rings is 1. The second kappa shape index (κ2) is 6.64. The van der Waals surface area contributed by atoms with E-state index in [2.05, 4.69) is 9.88 Å². The molecule has 1 aromatic rings. The summed E-state index contributed by atoms with van der Waals surface area (Å²) in [5.41, 5.74) is 0.108. The normalized spacial score (nSPS) is 26.5. The maximum Gasteiger partial charge on any atom is 0.228 e. The average Bonchev–Trinajstić information content (AvgIpc) is 3.10. The van der Waals surface area contributed by atoms with Gasteiger partial charge < -0.3 is 14.9 Å². The van der Waals surface area contributed by atoms with Crippen molar-refractivity contribution in [2.45, 2.75) is 44.6 Å². The van der Waals surface area contributed by atoms with Crippen molar-refractivity contribution in [3.05, 3.63) is 16.1 Å². The summed E-state index contributed by atoms with van der Waals surface area (Å²) >= 11 is 1.58. The van der Waals surface area contributed by atoms with Gasteiger partial charge in [0.05, 0.1) is 29.3 Å². The van der Waals surface area contributed by atoms with Gasteiger partial charge in [-0.3, -0.25) is 4.79 Å². The Morgan fingerprint density at radius 1 is 1.36 bits per heavy atom. The van der Waals surface area contributed by atoms with Crippen LogP contribution in [0.1, 0.15) is 36.4 Å². The van der Waals surface area contributed by atoms with Crippen molar-refractivity contribution >= 4 is 17.2 Å². The van der Waals surface area contributed by atoms with Crippen LogP contribution in [0.15, 0.2) is 5.38 Å². The summed E-state index contributed by atoms with van der Waals surface area (Å²) in [6, 6.07) is 0. The molecule has 6 heteroatoms. The minimum Gasteiger partial charge on any atom is -0.387 e. The highest BCUT2D eigenvalue weighted by Crippen LogP contribution is 2.24. The monoisotopic (exact) mass is 323 g/mol. The molecule has 0 spiro atoms. The zero-order chi connectivity index (χ0) is 15.6. The Labute approximate surface area is 135 Å². The van der Waals surface area contributed by atoms with Crippen molar-refractivity contribution in [3.63, 3.8) is 0 Å². The molecule has 1 atom stereocenters. The molecular formula is C16H25N3O2S. The molecule has 2 aliphatic heterocycles. The number of amides is 1. The Balaban J connectivity index is 1.58. The maximum absolute atomic E-state index is 12.5. The third kappa shape index (κ3) is 3.86. The SMILES string of the molecule is Cc1nc(CC(=O)N2CCCC(O)(CN3CCCC3)C2)cs1. The zero-order valence-electron chi connectivity index (χ0n) is 13.3. The first kappa shape index (κ1) is 15.9. The summed E-state index contributed by atoms with van der Waals surface area (Å²) in [6.07, 6.45) is 4.48. The molecule has 0 aliphatic carbocycles. The number of nitrogens with zero attached hydrogens (tertiary/aromatic N) is 3. The van der Waals surface area contributed by atoms with Crippen LogP contribution in [-0.2, 0) is 11.2 Å². The second-order valence-corrected chi connectivity index (χ2v) is 7.72. The number of β-amino-alcohol motifs (C(OH)–C–C–N with tert-alkyl or cyclic N) is 1. The van der Waals surface area contributed by atoms with Crippen molar-refractivity contribution in [3.8, 4) is 0 Å². The molecule has 0 bridgehead atoms. The van der Waals surface area contributed by atoms with Crippen LogP contribution in [0.2, 0.25) is 0 Å². The number of carbonyl (C=O) groups excluding carboxylic acids is 1. The van der Waals surface area contributed by atoms with E-state index in [1.165, 1.54) is 12.8 Å². The fourth-order valence-corrected chi connectivity index (χ4v) is 4.18. The number of likely N-dealkylation sites (tertiary alicyclic amines) is 2. The highest BCUT2D eigenvalue weighted by molar-refractivity contribution is 7.09. The molecule has 122 valence electrons. The molecule has 22 heavy (non-hydrogen) atoms. The number of piperidine rings is 1. The number of aromatic nitrogens is 1. The first-order chi connectivity index (χ1) is 10.5. The second-order valence-electron chi connectivity index (χ2n) is 6.66. The lowest BCUT2D eigenvalue weighted by Gasteiger charge is -2.41. The van der Waals surface area contributed by atoms with Crippen LogP contribution in [0.5, 0.6) is 0 Å². The molecule has 5 nitrogen and oxygen atoms in total. The van der Waals surface area contributed by atoms with Gasteiger partial charge in [-0.1, -0.05) is 0 Å². The lowest BCUT2D eigenvalue weighted by atomic mass is 9.92. The lowest BCUT2D eigenvalue weighted by molar-refractivity contribution is -0.138. The highest BCUT2D eigenvalue weighted by atomic mass is 32.1. The van der Waals surface area contributed by atoms with E-state index in [-0.39, 0.29) is 5.91 Å². The molecule has 0 radical (unpaired) electrons. The molecule has 1 amide bonds. The van der Waals surface area contributed by atoms with Gasteiger partial charge in [-0.15, -0.1) is 11.3 Å². The van der Waals surface area contributed by atoms with Gasteiger partial charge in [0.25, 0.3) is 0 Å². The lowest BCUT2D eigenvalue weighted by Crippen LogP contribution is -2.55. The van der Waals surface area contributed by atoms with Crippen molar-refractivity contribution in [2.75, 3.05) is 32.7 Å². The summed E-state index contributed by atoms with van der Waals surface area (Å²) in [5, 5.41) is 13.8. The van der Waals surface area contributed by atoms with Gasteiger partial charge >= 0.3 is 0 Å². The van der Waals surface area contributed by atoms with Crippen molar-refractivity contribution in [2.24, 2.45) is 0 Å². The van der Waals surface area contributed by atoms with E-state index in [9.17, 15) is 9.90 Å². The van der Waals surface area contributed by atoms with Crippen LogP contribution < -0.4 is 0 Å². The molecule has 0 aromatic carbocycles. The molecule has 1 aromatic heterocycles. The van der Waals surface area contributed by atoms with E-state index < -0.39 is 5.60 Å². The van der Waals surface area contributed by atoms with Gasteiger partial charge in [-0.05, 0) is 45.7 Å². The van der Waals surface area contributed by atoms with E-state index in [4.69, 9.17) is 0 Å². The van der Waals surface area contributed by atoms with Crippen molar-refractivity contribution in [1.82, 2.24) is 14.8 Å². The quantitative estimate of drug-likeness (QED) is 0.911. The summed E-state index contributed by atoms with van der Waals surface area (Å²) in [4.78, 5) is 21.0. The number of hydrogen-bond donors (Lipinski definition) is 1. The molecule has 2 aliphatic rings. The van der Waals surface area contributed by atoms with E-state index in [0.717, 1.165) is 43.2 Å². The van der Waals surface area contributed by atoms with Crippen LogP contribution in [0, 0.1) is 6.92 Å². The van der Waals surface area contributed by atoms with Gasteiger partial charge in [0.2, 0.25) is 5.91 Å². The molecule has 2 saturated heterocycles. The molecule has 1 N–H and O–H groups in total. The van der Waals surface area contributed by atoms with E-state index >= 15 is 0 Å². The number of carbonyl (C=O) groups is 1. The van der Waals surface area contributed by atoms with E-state index in [1.54, 1.807) is 11.3 Å². The molecule has 0 saturated carbocycles. The summed E-state index contributed by atoms with van der Waals surface area (Å²) in [7, 11) is 0. The minimum atomic E-state index is -0.740. The minimum absolute atomic E-state index is 0.0878. The Morgan fingerprint density at radius 2 is 2.14 bits per heavy atom. The van der Waals surface area contributed by atoms with Crippen LogP contribution in [0.3, 0.4) is 0 Å². The topological polar surface area (TPSA) is 56.7 Å². The van der Waals surface area contributed by atoms with Gasteiger partial charge in [0.1, 0.15) is 0 Å². The smallest absolute Gasteiger partial charge is 0.228 e. The predicted molar refractivity (Wildman–Crippen MR) is 87.0 cm³/mol. The standard InChI is InChI=1S/C16H25N3O2S/c1-13-17-14(10-22-13)9-15(20)19-8-4-5-16(21,12-19)11-18-6-2-3-7-18/h10,21H,2-9,11-12H2,1H3. The average molecular weight is 323 g/mol. The molecular weight excluding hydrogens is 298 g/mol. The predicted octanol–water partition coefficient (Wildman–Crippen LogP) is 1.44. The first-order valence-corrected chi connectivity index (χ1v) is 9.06. The number of aryl methyl sites for hydroxylation is 1. The number of rotatable bonds is 4. The van der Waals surface area contributed by atoms with Gasteiger partial charge in [-0.25, -0.2) is 4.98 Å². The Kier molecular flexibility index (Phi) is 4.80. The maximum atomic E-state index is 12.5. The molecule has 1 unspecified atom stereocenters. The highest BCUT2D eigenvalue weighted by Gasteiger charge is 2.37. The molecule has 2 fully saturated rings.